The van der Waals surface area contributed by atoms with E-state index in [0.29, 0.717) is 23.7 Å². The third kappa shape index (κ3) is 3.13. The van der Waals surface area contributed by atoms with Crippen LogP contribution in [0.5, 0.6) is 0 Å². The fourth-order valence-corrected chi connectivity index (χ4v) is 2.99. The average molecular weight is 289 g/mol. The van der Waals surface area contributed by atoms with Crippen molar-refractivity contribution < 1.29 is 9.53 Å². The van der Waals surface area contributed by atoms with Gasteiger partial charge in [0.15, 0.2) is 0 Å². The molecule has 0 radical (unpaired) electrons. The molecule has 1 aromatic rings. The molecule has 0 aromatic heterocycles. The van der Waals surface area contributed by atoms with Gasteiger partial charge in [-0.05, 0) is 50.3 Å². The molecule has 1 amide bonds. The molecule has 2 atom stereocenters. The standard InChI is InChI=1S/C16H23N3O2/c1-2-18-16(20)12-6-5-11(17)9-14(12)19-13-7-8-21-15(13)10-3-4-10/h5-6,9-10,13,15,19H,2-4,7-8,17H2,1H3,(H,18,20). The first-order valence-electron chi connectivity index (χ1n) is 7.75. The molecule has 1 aliphatic carbocycles. The van der Waals surface area contributed by atoms with E-state index >= 15 is 0 Å². The number of nitrogen functional groups attached to an aromatic ring is 1. The van der Waals surface area contributed by atoms with Gasteiger partial charge in [0.2, 0.25) is 0 Å². The summed E-state index contributed by atoms with van der Waals surface area (Å²) in [6, 6.07) is 5.66. The van der Waals surface area contributed by atoms with E-state index in [0.717, 1.165) is 18.7 Å². The SMILES string of the molecule is CCNC(=O)c1ccc(N)cc1NC1CCOC1C1CC1. The number of hydrogen-bond donors (Lipinski definition) is 3. The molecule has 3 rings (SSSR count). The molecule has 0 bridgehead atoms. The summed E-state index contributed by atoms with van der Waals surface area (Å²) in [6.07, 6.45) is 3.75. The first-order valence-corrected chi connectivity index (χ1v) is 7.75. The molecule has 2 unspecified atom stereocenters. The van der Waals surface area contributed by atoms with Crippen molar-refractivity contribution >= 4 is 17.3 Å². The maximum Gasteiger partial charge on any atom is 0.253 e. The maximum absolute atomic E-state index is 12.2. The predicted octanol–water partition coefficient (Wildman–Crippen LogP) is 2.00. The number of benzene rings is 1. The van der Waals surface area contributed by atoms with E-state index in [-0.39, 0.29) is 18.1 Å². The van der Waals surface area contributed by atoms with Crippen LogP contribution in [0, 0.1) is 5.92 Å². The molecule has 5 heteroatoms. The van der Waals surface area contributed by atoms with E-state index in [1.54, 1.807) is 12.1 Å². The van der Waals surface area contributed by atoms with Gasteiger partial charge in [-0.1, -0.05) is 0 Å². The number of rotatable bonds is 5. The topological polar surface area (TPSA) is 76.4 Å². The fourth-order valence-electron chi connectivity index (χ4n) is 2.99. The lowest BCUT2D eigenvalue weighted by Gasteiger charge is -2.22. The number of nitrogens with two attached hydrogens (primary N) is 1. The van der Waals surface area contributed by atoms with Gasteiger partial charge >= 0.3 is 0 Å². The van der Waals surface area contributed by atoms with Crippen molar-refractivity contribution in [2.45, 2.75) is 38.3 Å². The highest BCUT2D eigenvalue weighted by Gasteiger charge is 2.40. The van der Waals surface area contributed by atoms with Crippen molar-refractivity contribution in [2.24, 2.45) is 5.92 Å². The first kappa shape index (κ1) is 14.2. The average Bonchev–Trinajstić information content (AvgIpc) is 3.20. The minimum Gasteiger partial charge on any atom is -0.399 e. The van der Waals surface area contributed by atoms with Gasteiger partial charge in [-0.3, -0.25) is 4.79 Å². The van der Waals surface area contributed by atoms with Gasteiger partial charge in [0, 0.05) is 24.5 Å². The highest BCUT2D eigenvalue weighted by atomic mass is 16.5. The van der Waals surface area contributed by atoms with Crippen LogP contribution in [0.4, 0.5) is 11.4 Å². The van der Waals surface area contributed by atoms with Crippen molar-refractivity contribution in [3.63, 3.8) is 0 Å². The molecule has 0 spiro atoms. The van der Waals surface area contributed by atoms with E-state index < -0.39 is 0 Å². The molecule has 4 N–H and O–H groups in total. The Morgan fingerprint density at radius 3 is 2.90 bits per heavy atom. The van der Waals surface area contributed by atoms with Gasteiger partial charge in [-0.25, -0.2) is 0 Å². The Balaban J connectivity index is 1.79. The lowest BCUT2D eigenvalue weighted by molar-refractivity contribution is 0.0896. The minimum atomic E-state index is -0.0677. The number of carbonyl (C=O) groups excluding carboxylic acids is 1. The number of anilines is 2. The van der Waals surface area contributed by atoms with Gasteiger partial charge in [-0.15, -0.1) is 0 Å². The number of amides is 1. The molecule has 2 fully saturated rings. The van der Waals surface area contributed by atoms with Gasteiger partial charge in [0.05, 0.1) is 17.7 Å². The lowest BCUT2D eigenvalue weighted by Crippen LogP contribution is -2.32. The Hall–Kier alpha value is -1.75. The van der Waals surface area contributed by atoms with Crippen LogP contribution in [-0.4, -0.2) is 31.2 Å². The molecule has 1 aromatic carbocycles. The molecule has 1 aliphatic heterocycles. The van der Waals surface area contributed by atoms with Gasteiger partial charge in [-0.2, -0.15) is 0 Å². The summed E-state index contributed by atoms with van der Waals surface area (Å²) in [7, 11) is 0. The van der Waals surface area contributed by atoms with Crippen molar-refractivity contribution in [3.05, 3.63) is 23.8 Å². The Morgan fingerprint density at radius 1 is 1.38 bits per heavy atom. The number of carbonyl (C=O) groups is 1. The summed E-state index contributed by atoms with van der Waals surface area (Å²) < 4.78 is 5.85. The summed E-state index contributed by atoms with van der Waals surface area (Å²) in [5.74, 6) is 0.612. The van der Waals surface area contributed by atoms with Gasteiger partial charge < -0.3 is 21.1 Å². The number of nitrogens with one attached hydrogen (secondary N) is 2. The second-order valence-corrected chi connectivity index (χ2v) is 5.88. The second kappa shape index (κ2) is 5.93. The summed E-state index contributed by atoms with van der Waals surface area (Å²) in [5.41, 5.74) is 7.99. The zero-order chi connectivity index (χ0) is 14.8. The molecular weight excluding hydrogens is 266 g/mol. The highest BCUT2D eigenvalue weighted by Crippen LogP contribution is 2.40. The van der Waals surface area contributed by atoms with Crippen LogP contribution in [0.15, 0.2) is 18.2 Å². The first-order chi connectivity index (χ1) is 10.2. The third-order valence-corrected chi connectivity index (χ3v) is 4.19. The van der Waals surface area contributed by atoms with Crippen LogP contribution in [0.3, 0.4) is 0 Å². The Bertz CT molecular complexity index is 528. The summed E-state index contributed by atoms with van der Waals surface area (Å²) in [6.45, 7) is 3.31. The van der Waals surface area contributed by atoms with E-state index in [2.05, 4.69) is 10.6 Å². The van der Waals surface area contributed by atoms with Crippen LogP contribution < -0.4 is 16.4 Å². The van der Waals surface area contributed by atoms with Crippen LogP contribution in [0.1, 0.15) is 36.5 Å². The molecule has 114 valence electrons. The molecule has 1 saturated carbocycles. The maximum atomic E-state index is 12.2. The minimum absolute atomic E-state index is 0.0677. The lowest BCUT2D eigenvalue weighted by atomic mass is 10.0. The summed E-state index contributed by atoms with van der Waals surface area (Å²) >= 11 is 0. The monoisotopic (exact) mass is 289 g/mol. The van der Waals surface area contributed by atoms with E-state index in [1.165, 1.54) is 12.8 Å². The fraction of sp³-hybridized carbons (Fsp3) is 0.562. The molecular formula is C16H23N3O2. The normalized spacial score (nSPS) is 24.8. The predicted molar refractivity (Wildman–Crippen MR) is 83.4 cm³/mol. The van der Waals surface area contributed by atoms with E-state index in [4.69, 9.17) is 10.5 Å². The zero-order valence-electron chi connectivity index (χ0n) is 12.4. The van der Waals surface area contributed by atoms with Crippen LogP contribution in [-0.2, 0) is 4.74 Å². The highest BCUT2D eigenvalue weighted by molar-refractivity contribution is 6.00. The van der Waals surface area contributed by atoms with Crippen molar-refractivity contribution in [1.82, 2.24) is 5.32 Å². The molecule has 2 aliphatic rings. The molecule has 1 saturated heterocycles. The van der Waals surface area contributed by atoms with E-state index in [1.807, 2.05) is 13.0 Å². The molecule has 5 nitrogen and oxygen atoms in total. The van der Waals surface area contributed by atoms with Crippen molar-refractivity contribution in [3.8, 4) is 0 Å². The third-order valence-electron chi connectivity index (χ3n) is 4.19. The van der Waals surface area contributed by atoms with Crippen LogP contribution >= 0.6 is 0 Å². The Kier molecular flexibility index (Phi) is 4.01. The van der Waals surface area contributed by atoms with Crippen molar-refractivity contribution in [1.29, 1.82) is 0 Å². The quantitative estimate of drug-likeness (QED) is 0.725. The largest absolute Gasteiger partial charge is 0.399 e. The molecule has 1 heterocycles. The van der Waals surface area contributed by atoms with Crippen molar-refractivity contribution in [2.75, 3.05) is 24.2 Å². The smallest absolute Gasteiger partial charge is 0.253 e. The van der Waals surface area contributed by atoms with Crippen LogP contribution in [0.2, 0.25) is 0 Å². The summed E-state index contributed by atoms with van der Waals surface area (Å²) in [5, 5.41) is 6.34. The van der Waals surface area contributed by atoms with E-state index in [9.17, 15) is 4.79 Å². The Morgan fingerprint density at radius 2 is 2.19 bits per heavy atom. The van der Waals surface area contributed by atoms with Gasteiger partial charge in [0.25, 0.3) is 5.91 Å². The summed E-state index contributed by atoms with van der Waals surface area (Å²) in [4.78, 5) is 12.2. The molecule has 21 heavy (non-hydrogen) atoms. The number of ether oxygens (including phenoxy) is 1. The zero-order valence-corrected chi connectivity index (χ0v) is 12.4. The van der Waals surface area contributed by atoms with Gasteiger partial charge in [0.1, 0.15) is 0 Å². The second-order valence-electron chi connectivity index (χ2n) is 5.88. The number of hydrogen-bond acceptors (Lipinski definition) is 4. The van der Waals surface area contributed by atoms with Crippen LogP contribution in [0.25, 0.3) is 0 Å². The Labute approximate surface area is 125 Å².